The molecule has 0 aromatic carbocycles. The molecule has 0 aliphatic heterocycles. The van der Waals surface area contributed by atoms with Gasteiger partial charge in [-0.25, -0.2) is 10.5 Å². The Morgan fingerprint density at radius 3 is 3.07 bits per heavy atom. The van der Waals surface area contributed by atoms with E-state index in [9.17, 15) is 4.79 Å². The van der Waals surface area contributed by atoms with Gasteiger partial charge in [-0.3, -0.25) is 9.63 Å². The van der Waals surface area contributed by atoms with Crippen LogP contribution in [0.5, 0.6) is 0 Å². The molecule has 0 bridgehead atoms. The molecule has 1 rings (SSSR count). The van der Waals surface area contributed by atoms with E-state index in [4.69, 9.17) is 15.3 Å². The van der Waals surface area contributed by atoms with Crippen LogP contribution in [0.25, 0.3) is 0 Å². The summed E-state index contributed by atoms with van der Waals surface area (Å²) in [5.41, 5.74) is 7.94. The molecule has 0 atom stereocenters. The Kier molecular flexibility index (Phi) is 5.19. The van der Waals surface area contributed by atoms with E-state index >= 15 is 0 Å². The second-order valence-electron chi connectivity index (χ2n) is 2.60. The van der Waals surface area contributed by atoms with Crippen molar-refractivity contribution in [3.05, 3.63) is 16.1 Å². The van der Waals surface area contributed by atoms with Crippen molar-refractivity contribution in [2.75, 3.05) is 20.3 Å². The predicted octanol–water partition coefficient (Wildman–Crippen LogP) is -0.0904. The number of nitrogens with two attached hydrogens (primary N) is 1. The van der Waals surface area contributed by atoms with E-state index in [-0.39, 0.29) is 5.91 Å². The first-order valence-electron chi connectivity index (χ1n) is 4.33. The molecular formula is C8H13N3O3S. The highest BCUT2D eigenvalue weighted by molar-refractivity contribution is 7.09. The minimum absolute atomic E-state index is 0.302. The molecule has 3 N–H and O–H groups in total. The fraction of sp³-hybridized carbons (Fsp3) is 0.500. The molecule has 1 aromatic rings. The zero-order chi connectivity index (χ0) is 11.1. The van der Waals surface area contributed by atoms with Crippen LogP contribution >= 0.6 is 11.3 Å². The summed E-state index contributed by atoms with van der Waals surface area (Å²) in [4.78, 5) is 20.2. The van der Waals surface area contributed by atoms with Crippen molar-refractivity contribution in [2.24, 2.45) is 5.73 Å². The number of thiazole rings is 1. The van der Waals surface area contributed by atoms with E-state index in [2.05, 4.69) is 10.5 Å². The van der Waals surface area contributed by atoms with Gasteiger partial charge in [0.15, 0.2) is 0 Å². The Bertz CT molecular complexity index is 316. The van der Waals surface area contributed by atoms with E-state index in [1.165, 1.54) is 11.3 Å². The van der Waals surface area contributed by atoms with Gasteiger partial charge in [0.05, 0.1) is 13.2 Å². The number of hydrogen-bond acceptors (Lipinski definition) is 6. The molecule has 0 aliphatic carbocycles. The maximum Gasteiger partial charge on any atom is 0.294 e. The van der Waals surface area contributed by atoms with Gasteiger partial charge in [-0.1, -0.05) is 0 Å². The van der Waals surface area contributed by atoms with E-state index < -0.39 is 0 Å². The summed E-state index contributed by atoms with van der Waals surface area (Å²) < 4.78 is 4.74. The summed E-state index contributed by atoms with van der Waals surface area (Å²) in [7, 11) is 1.55. The lowest BCUT2D eigenvalue weighted by Crippen LogP contribution is -2.25. The number of carbonyl (C=O) groups is 1. The smallest absolute Gasteiger partial charge is 0.294 e. The fourth-order valence-corrected chi connectivity index (χ4v) is 1.46. The topological polar surface area (TPSA) is 86.5 Å². The Balaban J connectivity index is 2.33. The number of nitrogens with zero attached hydrogens (tertiary/aromatic N) is 1. The highest BCUT2D eigenvalue weighted by Crippen LogP contribution is 2.08. The van der Waals surface area contributed by atoms with Crippen LogP contribution in [0.4, 0.5) is 0 Å². The number of nitrogens with one attached hydrogen (secondary N) is 1. The molecule has 1 heterocycles. The number of methoxy groups -OCH3 is 1. The third-order valence-electron chi connectivity index (χ3n) is 1.51. The number of aromatic nitrogens is 1. The van der Waals surface area contributed by atoms with Crippen molar-refractivity contribution in [2.45, 2.75) is 6.54 Å². The van der Waals surface area contributed by atoms with Gasteiger partial charge in [-0.15, -0.1) is 11.3 Å². The van der Waals surface area contributed by atoms with Crippen LogP contribution < -0.4 is 11.2 Å². The quantitative estimate of drug-likeness (QED) is 0.528. The Labute approximate surface area is 91.3 Å². The SMILES string of the molecule is COCCONC(=O)c1csc(CN)n1. The molecule has 6 nitrogen and oxygen atoms in total. The summed E-state index contributed by atoms with van der Waals surface area (Å²) in [5, 5.41) is 2.36. The molecule has 0 fully saturated rings. The number of carbonyl (C=O) groups excluding carboxylic acids is 1. The lowest BCUT2D eigenvalue weighted by atomic mass is 10.5. The fourth-order valence-electron chi connectivity index (χ4n) is 0.803. The van der Waals surface area contributed by atoms with Crippen molar-refractivity contribution in [1.82, 2.24) is 10.5 Å². The van der Waals surface area contributed by atoms with Crippen LogP contribution in [0.3, 0.4) is 0 Å². The molecule has 0 aliphatic rings. The molecule has 0 radical (unpaired) electrons. The van der Waals surface area contributed by atoms with Gasteiger partial charge in [0.25, 0.3) is 5.91 Å². The molecule has 0 spiro atoms. The van der Waals surface area contributed by atoms with Gasteiger partial charge in [0.2, 0.25) is 0 Å². The lowest BCUT2D eigenvalue weighted by Gasteiger charge is -2.02. The summed E-state index contributed by atoms with van der Waals surface area (Å²) in [6.45, 7) is 1.06. The van der Waals surface area contributed by atoms with Crippen LogP contribution in [-0.2, 0) is 16.1 Å². The average Bonchev–Trinajstić information content (AvgIpc) is 2.72. The highest BCUT2D eigenvalue weighted by atomic mass is 32.1. The largest absolute Gasteiger partial charge is 0.382 e. The molecule has 0 unspecified atom stereocenters. The van der Waals surface area contributed by atoms with Crippen molar-refractivity contribution >= 4 is 17.2 Å². The minimum Gasteiger partial charge on any atom is -0.382 e. The average molecular weight is 231 g/mol. The monoisotopic (exact) mass is 231 g/mol. The first kappa shape index (κ1) is 12.1. The Morgan fingerprint density at radius 2 is 2.47 bits per heavy atom. The summed E-state index contributed by atoms with van der Waals surface area (Å²) >= 11 is 1.34. The number of amides is 1. The van der Waals surface area contributed by atoms with Crippen LogP contribution in [0.15, 0.2) is 5.38 Å². The third-order valence-corrected chi connectivity index (χ3v) is 2.38. The van der Waals surface area contributed by atoms with Crippen LogP contribution in [-0.4, -0.2) is 31.2 Å². The lowest BCUT2D eigenvalue weighted by molar-refractivity contribution is 0.00861. The molecule has 0 saturated heterocycles. The maximum absolute atomic E-state index is 11.4. The Morgan fingerprint density at radius 1 is 1.67 bits per heavy atom. The summed E-state index contributed by atoms with van der Waals surface area (Å²) in [6, 6.07) is 0. The van der Waals surface area contributed by atoms with Gasteiger partial charge >= 0.3 is 0 Å². The molecule has 15 heavy (non-hydrogen) atoms. The van der Waals surface area contributed by atoms with E-state index in [0.29, 0.717) is 25.5 Å². The summed E-state index contributed by atoms with van der Waals surface area (Å²) in [6.07, 6.45) is 0. The van der Waals surface area contributed by atoms with Gasteiger partial charge in [-0.05, 0) is 0 Å². The molecule has 1 aromatic heterocycles. The van der Waals surface area contributed by atoms with Crippen LogP contribution in [0.1, 0.15) is 15.5 Å². The summed E-state index contributed by atoms with van der Waals surface area (Å²) in [5.74, 6) is -0.373. The van der Waals surface area contributed by atoms with Crippen molar-refractivity contribution in [3.63, 3.8) is 0 Å². The molecular weight excluding hydrogens is 218 g/mol. The van der Waals surface area contributed by atoms with E-state index in [1.807, 2.05) is 0 Å². The predicted molar refractivity (Wildman–Crippen MR) is 55.3 cm³/mol. The third kappa shape index (κ3) is 3.92. The molecule has 7 heteroatoms. The second-order valence-corrected chi connectivity index (χ2v) is 3.55. The zero-order valence-electron chi connectivity index (χ0n) is 8.36. The zero-order valence-corrected chi connectivity index (χ0v) is 9.17. The van der Waals surface area contributed by atoms with E-state index in [1.54, 1.807) is 12.5 Å². The number of rotatable bonds is 6. The van der Waals surface area contributed by atoms with Gasteiger partial charge in [0.1, 0.15) is 10.7 Å². The van der Waals surface area contributed by atoms with Crippen LogP contribution in [0, 0.1) is 0 Å². The van der Waals surface area contributed by atoms with Crippen molar-refractivity contribution < 1.29 is 14.4 Å². The molecule has 0 saturated carbocycles. The highest BCUT2D eigenvalue weighted by Gasteiger charge is 2.09. The molecule has 84 valence electrons. The number of ether oxygens (including phenoxy) is 1. The minimum atomic E-state index is -0.373. The van der Waals surface area contributed by atoms with Crippen molar-refractivity contribution in [1.29, 1.82) is 0 Å². The van der Waals surface area contributed by atoms with Crippen molar-refractivity contribution in [3.8, 4) is 0 Å². The first-order valence-corrected chi connectivity index (χ1v) is 5.21. The standard InChI is InChI=1S/C8H13N3O3S/c1-13-2-3-14-11-8(12)6-5-15-7(4-9)10-6/h5H,2-4,9H2,1H3,(H,11,12). The van der Waals surface area contributed by atoms with Crippen LogP contribution in [0.2, 0.25) is 0 Å². The number of hydrogen-bond donors (Lipinski definition) is 2. The molecule has 1 amide bonds. The number of hydroxylamine groups is 1. The van der Waals surface area contributed by atoms with Gasteiger partial charge in [0, 0.05) is 19.0 Å². The van der Waals surface area contributed by atoms with Gasteiger partial charge in [-0.2, -0.15) is 0 Å². The maximum atomic E-state index is 11.4. The normalized spacial score (nSPS) is 10.3. The van der Waals surface area contributed by atoms with E-state index in [0.717, 1.165) is 5.01 Å². The Hall–Kier alpha value is -1.02. The first-order chi connectivity index (χ1) is 7.27. The van der Waals surface area contributed by atoms with Gasteiger partial charge < -0.3 is 10.5 Å². The second kappa shape index (κ2) is 6.46.